The zero-order valence-corrected chi connectivity index (χ0v) is 15.2. The van der Waals surface area contributed by atoms with Crippen molar-refractivity contribution in [1.82, 2.24) is 5.32 Å². The van der Waals surface area contributed by atoms with E-state index in [2.05, 4.69) is 5.32 Å². The van der Waals surface area contributed by atoms with Gasteiger partial charge in [0.25, 0.3) is 5.91 Å². The van der Waals surface area contributed by atoms with Crippen molar-refractivity contribution in [3.8, 4) is 0 Å². The number of nitrogens with one attached hydrogen (secondary N) is 1. The first-order chi connectivity index (χ1) is 12.9. The molecule has 1 heterocycles. The number of esters is 1. The van der Waals surface area contributed by atoms with Crippen molar-refractivity contribution in [3.05, 3.63) is 81.2 Å². The number of hydrogen-bond acceptors (Lipinski definition) is 5. The molecule has 0 aliphatic rings. The van der Waals surface area contributed by atoms with Gasteiger partial charge in [0.1, 0.15) is 11.1 Å². The topological polar surface area (TPSA) is 85.6 Å². The van der Waals surface area contributed by atoms with Crippen molar-refractivity contribution in [2.75, 3.05) is 6.61 Å². The number of amides is 1. The van der Waals surface area contributed by atoms with E-state index in [1.165, 1.54) is 6.07 Å². The minimum Gasteiger partial charge on any atom is -0.452 e. The number of fused-ring (bicyclic) bond motifs is 1. The normalized spacial score (nSPS) is 11.8. The van der Waals surface area contributed by atoms with E-state index in [0.29, 0.717) is 16.0 Å². The third-order valence-electron chi connectivity index (χ3n) is 3.94. The van der Waals surface area contributed by atoms with Gasteiger partial charge in [-0.2, -0.15) is 0 Å². The van der Waals surface area contributed by atoms with Crippen LogP contribution < -0.4 is 10.9 Å². The second-order valence-electron chi connectivity index (χ2n) is 5.90. The quantitative estimate of drug-likeness (QED) is 0.536. The first kappa shape index (κ1) is 18.7. The summed E-state index contributed by atoms with van der Waals surface area (Å²) in [4.78, 5) is 36.1. The second kappa shape index (κ2) is 8.05. The molecule has 1 N–H and O–H groups in total. The van der Waals surface area contributed by atoms with Crippen LogP contribution in [0.15, 0.2) is 63.8 Å². The van der Waals surface area contributed by atoms with E-state index in [9.17, 15) is 14.4 Å². The first-order valence-electron chi connectivity index (χ1n) is 8.19. The fourth-order valence-corrected chi connectivity index (χ4v) is 2.66. The molecule has 3 rings (SSSR count). The predicted octanol–water partition coefficient (Wildman–Crippen LogP) is 3.48. The third kappa shape index (κ3) is 4.54. The molecular weight excluding hydrogens is 370 g/mol. The molecule has 1 atom stereocenters. The van der Waals surface area contributed by atoms with Gasteiger partial charge in [-0.15, -0.1) is 0 Å². The minimum absolute atomic E-state index is 0.257. The average molecular weight is 386 g/mol. The molecule has 0 unspecified atom stereocenters. The van der Waals surface area contributed by atoms with Crippen LogP contribution in [-0.2, 0) is 9.53 Å². The van der Waals surface area contributed by atoms with Gasteiger partial charge in [0, 0.05) is 10.4 Å². The molecule has 0 aliphatic carbocycles. The van der Waals surface area contributed by atoms with Crippen molar-refractivity contribution in [3.63, 3.8) is 0 Å². The van der Waals surface area contributed by atoms with E-state index in [0.717, 1.165) is 5.56 Å². The summed E-state index contributed by atoms with van der Waals surface area (Å²) >= 11 is 5.84. The van der Waals surface area contributed by atoms with Gasteiger partial charge in [-0.1, -0.05) is 41.9 Å². The summed E-state index contributed by atoms with van der Waals surface area (Å²) in [6.07, 6.45) is 0. The highest BCUT2D eigenvalue weighted by Gasteiger charge is 2.17. The van der Waals surface area contributed by atoms with Crippen LogP contribution in [0.5, 0.6) is 0 Å². The van der Waals surface area contributed by atoms with Crippen LogP contribution in [0.2, 0.25) is 5.02 Å². The summed E-state index contributed by atoms with van der Waals surface area (Å²) < 4.78 is 10.0. The van der Waals surface area contributed by atoms with Crippen molar-refractivity contribution in [2.24, 2.45) is 0 Å². The van der Waals surface area contributed by atoms with Crippen LogP contribution in [0.4, 0.5) is 0 Å². The molecule has 2 aromatic carbocycles. The van der Waals surface area contributed by atoms with Gasteiger partial charge in [-0.05, 0) is 36.8 Å². The van der Waals surface area contributed by atoms with Gasteiger partial charge in [0.15, 0.2) is 6.61 Å². The van der Waals surface area contributed by atoms with Gasteiger partial charge in [-0.3, -0.25) is 4.79 Å². The Morgan fingerprint density at radius 3 is 2.59 bits per heavy atom. The van der Waals surface area contributed by atoms with Crippen molar-refractivity contribution in [2.45, 2.75) is 13.0 Å². The lowest BCUT2D eigenvalue weighted by atomic mass is 10.1. The van der Waals surface area contributed by atoms with E-state index < -0.39 is 24.1 Å². The SMILES string of the molecule is C[C@H](NC(=O)COC(=O)c1cc2ccccc2oc1=O)c1ccc(Cl)cc1. The molecule has 3 aromatic rings. The lowest BCUT2D eigenvalue weighted by molar-refractivity contribution is -0.124. The molecule has 1 aromatic heterocycles. The smallest absolute Gasteiger partial charge is 0.351 e. The number of carbonyl (C=O) groups is 2. The molecule has 0 saturated heterocycles. The van der Waals surface area contributed by atoms with E-state index >= 15 is 0 Å². The fourth-order valence-electron chi connectivity index (χ4n) is 2.53. The third-order valence-corrected chi connectivity index (χ3v) is 4.20. The standard InChI is InChI=1S/C20H16ClNO5/c1-12(13-6-8-15(21)9-7-13)22-18(23)11-26-19(24)16-10-14-4-2-3-5-17(14)27-20(16)25/h2-10,12H,11H2,1H3,(H,22,23)/t12-/m0/s1. The van der Waals surface area contributed by atoms with E-state index in [-0.39, 0.29) is 11.6 Å². The maximum atomic E-state index is 12.1. The Kier molecular flexibility index (Phi) is 5.57. The Morgan fingerprint density at radius 1 is 1.15 bits per heavy atom. The van der Waals surface area contributed by atoms with Crippen molar-refractivity contribution < 1.29 is 18.7 Å². The summed E-state index contributed by atoms with van der Waals surface area (Å²) in [5.41, 5.74) is 0.156. The Hall–Kier alpha value is -3.12. The molecule has 1 amide bonds. The monoisotopic (exact) mass is 385 g/mol. The van der Waals surface area contributed by atoms with Gasteiger partial charge in [-0.25, -0.2) is 9.59 Å². The van der Waals surface area contributed by atoms with Gasteiger partial charge in [0.2, 0.25) is 0 Å². The van der Waals surface area contributed by atoms with Crippen LogP contribution in [0, 0.1) is 0 Å². The minimum atomic E-state index is -0.913. The van der Waals surface area contributed by atoms with Crippen molar-refractivity contribution in [1.29, 1.82) is 0 Å². The van der Waals surface area contributed by atoms with Crippen LogP contribution >= 0.6 is 11.6 Å². The highest BCUT2D eigenvalue weighted by atomic mass is 35.5. The van der Waals surface area contributed by atoms with Gasteiger partial charge < -0.3 is 14.5 Å². The molecule has 0 saturated carbocycles. The molecular formula is C20H16ClNO5. The Morgan fingerprint density at radius 2 is 1.85 bits per heavy atom. The van der Waals surface area contributed by atoms with Gasteiger partial charge >= 0.3 is 11.6 Å². The first-order valence-corrected chi connectivity index (χ1v) is 8.56. The van der Waals surface area contributed by atoms with Crippen LogP contribution in [0.1, 0.15) is 28.9 Å². The molecule has 0 radical (unpaired) electrons. The Balaban J connectivity index is 1.61. The highest BCUT2D eigenvalue weighted by Crippen LogP contribution is 2.16. The number of para-hydroxylation sites is 1. The molecule has 6 nitrogen and oxygen atoms in total. The van der Waals surface area contributed by atoms with Crippen LogP contribution in [0.25, 0.3) is 11.0 Å². The number of ether oxygens (including phenoxy) is 1. The lowest BCUT2D eigenvalue weighted by Crippen LogP contribution is -2.31. The molecule has 0 spiro atoms. The number of carbonyl (C=O) groups excluding carboxylic acids is 2. The maximum Gasteiger partial charge on any atom is 0.351 e. The summed E-state index contributed by atoms with van der Waals surface area (Å²) in [5, 5.41) is 3.89. The summed E-state index contributed by atoms with van der Waals surface area (Å²) in [7, 11) is 0. The van der Waals surface area contributed by atoms with E-state index in [1.54, 1.807) is 55.5 Å². The van der Waals surface area contributed by atoms with Crippen LogP contribution in [-0.4, -0.2) is 18.5 Å². The largest absolute Gasteiger partial charge is 0.452 e. The molecule has 138 valence electrons. The molecule has 0 aliphatic heterocycles. The number of hydrogen-bond donors (Lipinski definition) is 1. The molecule has 7 heteroatoms. The predicted molar refractivity (Wildman–Crippen MR) is 101 cm³/mol. The lowest BCUT2D eigenvalue weighted by Gasteiger charge is -2.14. The molecule has 27 heavy (non-hydrogen) atoms. The Bertz CT molecular complexity index is 1040. The number of rotatable bonds is 5. The summed E-state index contributed by atoms with van der Waals surface area (Å²) in [6.45, 7) is 1.28. The molecule has 0 bridgehead atoms. The molecule has 0 fully saturated rings. The average Bonchev–Trinajstić information content (AvgIpc) is 2.66. The number of benzene rings is 2. The Labute approximate surface area is 159 Å². The number of halogens is 1. The van der Waals surface area contributed by atoms with Gasteiger partial charge in [0.05, 0.1) is 6.04 Å². The van der Waals surface area contributed by atoms with Crippen LogP contribution in [0.3, 0.4) is 0 Å². The highest BCUT2D eigenvalue weighted by molar-refractivity contribution is 6.30. The zero-order chi connectivity index (χ0) is 19.4. The van der Waals surface area contributed by atoms with Crippen molar-refractivity contribution >= 4 is 34.4 Å². The maximum absolute atomic E-state index is 12.1. The zero-order valence-electron chi connectivity index (χ0n) is 14.4. The summed E-state index contributed by atoms with van der Waals surface area (Å²) in [5.74, 6) is -1.40. The van der Waals surface area contributed by atoms with E-state index in [1.807, 2.05) is 0 Å². The van der Waals surface area contributed by atoms with E-state index in [4.69, 9.17) is 20.8 Å². The fraction of sp³-hybridized carbons (Fsp3) is 0.150. The summed E-state index contributed by atoms with van der Waals surface area (Å²) in [6, 6.07) is 14.9. The second-order valence-corrected chi connectivity index (χ2v) is 6.34.